The summed E-state index contributed by atoms with van der Waals surface area (Å²) in [5.41, 5.74) is 3.99. The molecule has 2 aliphatic carbocycles. The topological polar surface area (TPSA) is 66.8 Å². The van der Waals surface area contributed by atoms with Crippen LogP contribution in [0.5, 0.6) is 5.75 Å². The minimum atomic E-state index is -0.0140. The Morgan fingerprint density at radius 2 is 1.94 bits per heavy atom. The van der Waals surface area contributed by atoms with Crippen molar-refractivity contribution in [2.75, 3.05) is 18.1 Å². The predicted molar refractivity (Wildman–Crippen MR) is 132 cm³/mol. The molecule has 7 heteroatoms. The van der Waals surface area contributed by atoms with Gasteiger partial charge < -0.3 is 19.2 Å². The van der Waals surface area contributed by atoms with E-state index in [1.165, 1.54) is 0 Å². The van der Waals surface area contributed by atoms with Crippen molar-refractivity contribution in [2.45, 2.75) is 31.6 Å². The lowest BCUT2D eigenvalue weighted by Gasteiger charge is -2.24. The Labute approximate surface area is 201 Å². The Balaban J connectivity index is 1.41. The average Bonchev–Trinajstić information content (AvgIpc) is 3.52. The number of allylic oxidation sites excluding steroid dienone is 3. The fourth-order valence-corrected chi connectivity index (χ4v) is 5.66. The lowest BCUT2D eigenvalue weighted by molar-refractivity contribution is -0.679. The van der Waals surface area contributed by atoms with Gasteiger partial charge in [-0.2, -0.15) is 4.57 Å². The molecule has 34 heavy (non-hydrogen) atoms. The van der Waals surface area contributed by atoms with Gasteiger partial charge in [0.05, 0.1) is 11.8 Å². The maximum Gasteiger partial charge on any atom is 0.374 e. The number of para-hydroxylation sites is 4. The number of benzene rings is 2. The van der Waals surface area contributed by atoms with Gasteiger partial charge in [0.15, 0.2) is 18.1 Å². The molecule has 2 heterocycles. The van der Waals surface area contributed by atoms with Gasteiger partial charge in [0.25, 0.3) is 5.52 Å². The van der Waals surface area contributed by atoms with E-state index in [0.717, 1.165) is 46.8 Å². The highest BCUT2D eigenvalue weighted by atomic mass is 32.2. The summed E-state index contributed by atoms with van der Waals surface area (Å²) in [6, 6.07) is 15.6. The van der Waals surface area contributed by atoms with Gasteiger partial charge in [0.1, 0.15) is 6.61 Å². The smallest absolute Gasteiger partial charge is 0.374 e. The largest absolute Gasteiger partial charge is 0.439 e. The molecule has 0 amide bonds. The van der Waals surface area contributed by atoms with Crippen molar-refractivity contribution in [1.29, 1.82) is 0 Å². The monoisotopic (exact) mass is 473 g/mol. The fraction of sp³-hybridized carbons (Fsp3) is 0.259. The van der Waals surface area contributed by atoms with Crippen LogP contribution in [0.4, 0.5) is 5.69 Å². The van der Waals surface area contributed by atoms with E-state index in [4.69, 9.17) is 9.15 Å². The van der Waals surface area contributed by atoms with Crippen molar-refractivity contribution in [3.8, 4) is 5.75 Å². The minimum absolute atomic E-state index is 0.0118. The van der Waals surface area contributed by atoms with E-state index >= 15 is 0 Å². The van der Waals surface area contributed by atoms with Crippen molar-refractivity contribution in [3.05, 3.63) is 82.4 Å². The number of nitrogens with zero attached hydrogens (tertiary/aromatic N) is 2. The van der Waals surface area contributed by atoms with Gasteiger partial charge in [-0.3, -0.25) is 4.79 Å². The van der Waals surface area contributed by atoms with Crippen LogP contribution >= 0.6 is 11.8 Å². The molecule has 1 saturated carbocycles. The second-order valence-corrected chi connectivity index (χ2v) is 9.84. The molecule has 1 N–H and O–H groups in total. The molecule has 3 aliphatic rings. The first-order valence-corrected chi connectivity index (χ1v) is 12.5. The number of ketones is 1. The average molecular weight is 474 g/mol. The highest BCUT2D eigenvalue weighted by Crippen LogP contribution is 2.49. The molecule has 1 aliphatic heterocycles. The van der Waals surface area contributed by atoms with Gasteiger partial charge in [-0.25, -0.2) is 0 Å². The summed E-state index contributed by atoms with van der Waals surface area (Å²) in [5.74, 6) is 2.04. The molecular formula is C27H25N2O4S+. The van der Waals surface area contributed by atoms with E-state index in [2.05, 4.69) is 11.8 Å². The molecule has 0 radical (unpaired) electrons. The van der Waals surface area contributed by atoms with Crippen LogP contribution < -0.4 is 14.2 Å². The molecule has 0 atom stereocenters. The van der Waals surface area contributed by atoms with E-state index in [1.54, 1.807) is 11.8 Å². The molecule has 1 aromatic heterocycles. The van der Waals surface area contributed by atoms with Crippen LogP contribution in [0.1, 0.15) is 25.7 Å². The number of hydrogen-bond acceptors (Lipinski definition) is 6. The number of Topliss-reactive ketones (excluding diaryl/α,β-unsaturated/α-hetero) is 1. The standard InChI is InChI=1S/C27H25N2O4S/c1-2-28-20-7-3-5-9-22(20)32-24(28)15-18-26(31)19(27(18)34-17-11-12-17)16-25-29(13-14-30)21-8-4-6-10-23(21)33-25/h3-10,15-17,30H,2,11-14H2,1H3/q+1. The predicted octanol–water partition coefficient (Wildman–Crippen LogP) is 4.59. The van der Waals surface area contributed by atoms with Gasteiger partial charge in [-0.15, -0.1) is 11.8 Å². The number of rotatable bonds is 7. The number of carbonyl (C=O) groups is 1. The van der Waals surface area contributed by atoms with Gasteiger partial charge in [0, 0.05) is 40.0 Å². The maximum atomic E-state index is 13.4. The molecular weight excluding hydrogens is 448 g/mol. The number of aromatic nitrogens is 1. The third-order valence-corrected chi connectivity index (χ3v) is 7.72. The van der Waals surface area contributed by atoms with Crippen LogP contribution in [0.25, 0.3) is 17.2 Å². The molecule has 0 bridgehead atoms. The molecule has 0 saturated heterocycles. The number of aliphatic hydroxyl groups is 1. The van der Waals surface area contributed by atoms with Crippen molar-refractivity contribution in [3.63, 3.8) is 0 Å². The summed E-state index contributed by atoms with van der Waals surface area (Å²) in [5, 5.41) is 10.1. The maximum absolute atomic E-state index is 13.4. The van der Waals surface area contributed by atoms with Crippen LogP contribution in [0.15, 0.2) is 81.0 Å². The van der Waals surface area contributed by atoms with Crippen LogP contribution in [-0.2, 0) is 11.3 Å². The zero-order valence-corrected chi connectivity index (χ0v) is 19.7. The zero-order valence-electron chi connectivity index (χ0n) is 18.9. The van der Waals surface area contributed by atoms with Crippen molar-refractivity contribution < 1.29 is 23.6 Å². The summed E-state index contributed by atoms with van der Waals surface area (Å²) >= 11 is 1.77. The van der Waals surface area contributed by atoms with E-state index in [0.29, 0.717) is 34.7 Å². The van der Waals surface area contributed by atoms with Crippen molar-refractivity contribution >= 4 is 40.4 Å². The van der Waals surface area contributed by atoms with E-state index in [1.807, 2.05) is 65.3 Å². The Bertz CT molecular complexity index is 1400. The molecule has 0 spiro atoms. The second-order valence-electron chi connectivity index (χ2n) is 8.53. The molecule has 2 aromatic carbocycles. The lowest BCUT2D eigenvalue weighted by Crippen LogP contribution is -2.37. The summed E-state index contributed by atoms with van der Waals surface area (Å²) in [6.45, 7) is 3.20. The Morgan fingerprint density at radius 1 is 1.15 bits per heavy atom. The summed E-state index contributed by atoms with van der Waals surface area (Å²) in [4.78, 5) is 16.4. The summed E-state index contributed by atoms with van der Waals surface area (Å²) in [7, 11) is 0. The number of anilines is 1. The lowest BCUT2D eigenvalue weighted by atomic mass is 9.89. The Morgan fingerprint density at radius 3 is 2.74 bits per heavy atom. The van der Waals surface area contributed by atoms with Crippen LogP contribution in [-0.4, -0.2) is 29.3 Å². The highest BCUT2D eigenvalue weighted by molar-refractivity contribution is 8.04. The van der Waals surface area contributed by atoms with Crippen molar-refractivity contribution in [1.82, 2.24) is 0 Å². The molecule has 172 valence electrons. The molecule has 0 unspecified atom stereocenters. The molecule has 6 rings (SSSR count). The number of ether oxygens (including phenoxy) is 1. The summed E-state index contributed by atoms with van der Waals surface area (Å²) in [6.07, 6.45) is 6.04. The number of hydrogen-bond donors (Lipinski definition) is 1. The van der Waals surface area contributed by atoms with Crippen LogP contribution in [0.2, 0.25) is 0 Å². The van der Waals surface area contributed by atoms with Gasteiger partial charge in [0.2, 0.25) is 11.5 Å². The third kappa shape index (κ3) is 3.56. The number of thioether (sulfide) groups is 1. The highest BCUT2D eigenvalue weighted by Gasteiger charge is 2.39. The SMILES string of the molecule is CCN1/C(=C\C2=C(SC3CC3)C(=C\c3oc4ccccc4[n+]3CCO)/C2=O)Oc2ccccc21. The fourth-order valence-electron chi connectivity index (χ4n) is 4.40. The van der Waals surface area contributed by atoms with E-state index in [9.17, 15) is 9.90 Å². The Kier molecular flexibility index (Phi) is 5.31. The van der Waals surface area contributed by atoms with Gasteiger partial charge >= 0.3 is 5.89 Å². The first kappa shape index (κ1) is 21.3. The van der Waals surface area contributed by atoms with Gasteiger partial charge in [-0.05, 0) is 38.0 Å². The van der Waals surface area contributed by atoms with E-state index < -0.39 is 0 Å². The molecule has 3 aromatic rings. The zero-order chi connectivity index (χ0) is 23.2. The third-order valence-electron chi connectivity index (χ3n) is 6.24. The second kappa shape index (κ2) is 8.49. The first-order chi connectivity index (χ1) is 16.7. The first-order valence-electron chi connectivity index (χ1n) is 11.6. The normalized spacial score (nSPS) is 19.8. The summed E-state index contributed by atoms with van der Waals surface area (Å²) < 4.78 is 14.1. The number of aliphatic hydroxyl groups excluding tert-OH is 1. The number of fused-ring (bicyclic) bond motifs is 2. The van der Waals surface area contributed by atoms with Crippen LogP contribution in [0, 0.1) is 0 Å². The number of oxazole rings is 1. The van der Waals surface area contributed by atoms with Crippen molar-refractivity contribution in [2.24, 2.45) is 0 Å². The van der Waals surface area contributed by atoms with Gasteiger partial charge in [-0.1, -0.05) is 24.3 Å². The quantitative estimate of drug-likeness (QED) is 0.400. The minimum Gasteiger partial charge on any atom is -0.439 e. The van der Waals surface area contributed by atoms with Crippen LogP contribution in [0.3, 0.4) is 0 Å². The van der Waals surface area contributed by atoms with E-state index in [-0.39, 0.29) is 12.4 Å². The molecule has 1 fully saturated rings. The Hall–Kier alpha value is -3.29. The molecule has 6 nitrogen and oxygen atoms in total. The number of carbonyl (C=O) groups excluding carboxylic acids is 1.